The summed E-state index contributed by atoms with van der Waals surface area (Å²) in [6, 6.07) is -0.628. The molecule has 1 rings (SSSR count). The van der Waals surface area contributed by atoms with E-state index in [1.807, 2.05) is 5.38 Å². The number of carboxylic acid groups (broad SMARTS) is 1. The van der Waals surface area contributed by atoms with Crippen LogP contribution in [0, 0.1) is 0 Å². The maximum Gasteiger partial charge on any atom is 0.327 e. The van der Waals surface area contributed by atoms with E-state index in [4.69, 9.17) is 0 Å². The van der Waals surface area contributed by atoms with Crippen LogP contribution in [0.2, 0.25) is 0 Å². The van der Waals surface area contributed by atoms with Crippen LogP contribution in [0.25, 0.3) is 0 Å². The molecule has 0 fully saturated rings. The maximum absolute atomic E-state index is 11.5. The van der Waals surface area contributed by atoms with E-state index in [9.17, 15) is 9.90 Å². The molecular formula is C25H38N2O2S2. The van der Waals surface area contributed by atoms with Crippen LogP contribution in [0.1, 0.15) is 66.7 Å². The van der Waals surface area contributed by atoms with Gasteiger partial charge in [-0.05, 0) is 66.7 Å². The molecule has 1 heterocycles. The van der Waals surface area contributed by atoms with Crippen molar-refractivity contribution in [3.05, 3.63) is 58.2 Å². The van der Waals surface area contributed by atoms with E-state index in [2.05, 4.69) is 69.2 Å². The van der Waals surface area contributed by atoms with E-state index in [1.165, 1.54) is 33.6 Å². The van der Waals surface area contributed by atoms with Crippen LogP contribution >= 0.6 is 23.1 Å². The minimum Gasteiger partial charge on any atom is -0.480 e. The lowest BCUT2D eigenvalue weighted by molar-refractivity contribution is -0.137. The quantitative estimate of drug-likeness (QED) is 0.209. The third kappa shape index (κ3) is 14.0. The van der Waals surface area contributed by atoms with Gasteiger partial charge in [0.1, 0.15) is 6.04 Å². The van der Waals surface area contributed by atoms with Crippen LogP contribution in [0.5, 0.6) is 0 Å². The molecule has 0 spiro atoms. The first kappa shape index (κ1) is 27.2. The van der Waals surface area contributed by atoms with Gasteiger partial charge in [0.25, 0.3) is 0 Å². The fourth-order valence-electron chi connectivity index (χ4n) is 2.80. The number of allylic oxidation sites excluding steroid dienone is 7. The average molecular weight is 463 g/mol. The highest BCUT2D eigenvalue weighted by molar-refractivity contribution is 7.99. The number of hydrogen-bond acceptors (Lipinski definition) is 5. The average Bonchev–Trinajstić information content (AvgIpc) is 3.20. The smallest absolute Gasteiger partial charge is 0.327 e. The second-order valence-electron chi connectivity index (χ2n) is 8.17. The topological polar surface area (TPSA) is 62.2 Å². The summed E-state index contributed by atoms with van der Waals surface area (Å²) >= 11 is 3.06. The van der Waals surface area contributed by atoms with Gasteiger partial charge in [0.15, 0.2) is 5.13 Å². The zero-order chi connectivity index (χ0) is 23.1. The molecular weight excluding hydrogens is 424 g/mol. The summed E-state index contributed by atoms with van der Waals surface area (Å²) < 4.78 is 0. The molecule has 4 nitrogen and oxygen atoms in total. The molecule has 0 amide bonds. The third-order valence-corrected chi connectivity index (χ3v) is 6.30. The van der Waals surface area contributed by atoms with Gasteiger partial charge in [-0.25, -0.2) is 9.78 Å². The Bertz CT molecular complexity index is 769. The Morgan fingerprint density at radius 2 is 1.81 bits per heavy atom. The van der Waals surface area contributed by atoms with Crippen molar-refractivity contribution in [3.8, 4) is 0 Å². The van der Waals surface area contributed by atoms with Gasteiger partial charge in [-0.2, -0.15) is 11.8 Å². The van der Waals surface area contributed by atoms with Gasteiger partial charge in [0, 0.05) is 23.1 Å². The molecule has 0 saturated carbocycles. The lowest BCUT2D eigenvalue weighted by Gasteiger charge is -2.13. The van der Waals surface area contributed by atoms with Gasteiger partial charge >= 0.3 is 5.97 Å². The van der Waals surface area contributed by atoms with Crippen molar-refractivity contribution < 1.29 is 9.90 Å². The number of anilines is 1. The number of carbonyl (C=O) groups is 1. The number of hydrogen-bond donors (Lipinski definition) is 2. The third-order valence-electron chi connectivity index (χ3n) is 4.62. The van der Waals surface area contributed by atoms with Gasteiger partial charge in [0.2, 0.25) is 0 Å². The minimum absolute atomic E-state index is 0.505. The van der Waals surface area contributed by atoms with Crippen LogP contribution in [-0.4, -0.2) is 33.6 Å². The molecule has 0 aliphatic carbocycles. The second kappa shape index (κ2) is 15.9. The fraction of sp³-hybridized carbons (Fsp3) is 0.520. The summed E-state index contributed by atoms with van der Waals surface area (Å²) in [7, 11) is 0. The van der Waals surface area contributed by atoms with E-state index < -0.39 is 12.0 Å². The SMILES string of the molecule is CC(C)=CCCC(C)=CCCC(=CCSCC(Nc1nccs1)C(=O)O)CC=C(C)C. The molecule has 1 aromatic rings. The summed E-state index contributed by atoms with van der Waals surface area (Å²) in [6.45, 7) is 10.8. The summed E-state index contributed by atoms with van der Waals surface area (Å²) in [5.74, 6) is 0.480. The zero-order valence-corrected chi connectivity index (χ0v) is 21.2. The van der Waals surface area contributed by atoms with Crippen molar-refractivity contribution in [2.45, 2.75) is 72.8 Å². The van der Waals surface area contributed by atoms with Crippen LogP contribution in [0.4, 0.5) is 5.13 Å². The summed E-state index contributed by atoms with van der Waals surface area (Å²) in [4.78, 5) is 15.6. The van der Waals surface area contributed by atoms with Crippen molar-refractivity contribution in [2.24, 2.45) is 0 Å². The lowest BCUT2D eigenvalue weighted by Crippen LogP contribution is -2.31. The number of nitrogens with one attached hydrogen (secondary N) is 1. The molecule has 31 heavy (non-hydrogen) atoms. The van der Waals surface area contributed by atoms with E-state index in [-0.39, 0.29) is 0 Å². The molecule has 1 atom stereocenters. The number of nitrogens with zero attached hydrogens (tertiary/aromatic N) is 1. The van der Waals surface area contributed by atoms with Crippen LogP contribution in [0.15, 0.2) is 58.2 Å². The number of carboxylic acids is 1. The monoisotopic (exact) mass is 462 g/mol. The van der Waals surface area contributed by atoms with Crippen molar-refractivity contribution in [1.29, 1.82) is 0 Å². The Kier molecular flexibility index (Phi) is 14.0. The lowest BCUT2D eigenvalue weighted by atomic mass is 10.0. The molecule has 1 aromatic heterocycles. The molecule has 172 valence electrons. The number of aliphatic carboxylic acids is 1. The van der Waals surface area contributed by atoms with E-state index >= 15 is 0 Å². The maximum atomic E-state index is 11.5. The van der Waals surface area contributed by atoms with E-state index in [1.54, 1.807) is 18.0 Å². The Labute approximate surface area is 196 Å². The standard InChI is InChI=1S/C25H38N2O2S2/c1-19(2)8-6-9-21(5)10-7-11-22(13-12-20(3)4)14-16-30-18-23(24(28)29)27-25-26-15-17-31-25/h8,10,12,14-15,17,23H,6-7,9,11,13,16,18H2,1-5H3,(H,26,27)(H,28,29). The first-order valence-corrected chi connectivity index (χ1v) is 12.9. The van der Waals surface area contributed by atoms with Gasteiger partial charge in [-0.15, -0.1) is 11.3 Å². The molecule has 0 aliphatic heterocycles. The molecule has 0 bridgehead atoms. The van der Waals surface area contributed by atoms with Crippen molar-refractivity contribution >= 4 is 34.2 Å². The number of thiazole rings is 1. The molecule has 0 aromatic carbocycles. The molecule has 1 unspecified atom stereocenters. The van der Waals surface area contributed by atoms with Crippen molar-refractivity contribution in [1.82, 2.24) is 4.98 Å². The van der Waals surface area contributed by atoms with Gasteiger partial charge in [-0.1, -0.05) is 46.6 Å². The highest BCUT2D eigenvalue weighted by Crippen LogP contribution is 2.18. The minimum atomic E-state index is -0.842. The van der Waals surface area contributed by atoms with Crippen LogP contribution in [0.3, 0.4) is 0 Å². The van der Waals surface area contributed by atoms with Gasteiger partial charge < -0.3 is 10.4 Å². The molecule has 0 radical (unpaired) electrons. The molecule has 2 N–H and O–H groups in total. The number of rotatable bonds is 15. The fourth-order valence-corrected chi connectivity index (χ4v) is 4.33. The molecule has 0 saturated heterocycles. The summed E-state index contributed by atoms with van der Waals surface area (Å²) in [5.41, 5.74) is 5.57. The van der Waals surface area contributed by atoms with Gasteiger partial charge in [0.05, 0.1) is 0 Å². The first-order valence-electron chi connectivity index (χ1n) is 10.8. The number of thioether (sulfide) groups is 1. The Morgan fingerprint density at radius 1 is 1.10 bits per heavy atom. The highest BCUT2D eigenvalue weighted by atomic mass is 32.2. The van der Waals surface area contributed by atoms with E-state index in [0.717, 1.165) is 37.9 Å². The summed E-state index contributed by atoms with van der Waals surface area (Å²) in [6.07, 6.45) is 16.2. The van der Waals surface area contributed by atoms with E-state index in [0.29, 0.717) is 10.9 Å². The highest BCUT2D eigenvalue weighted by Gasteiger charge is 2.17. The molecule has 0 aliphatic rings. The predicted octanol–water partition coefficient (Wildman–Crippen LogP) is 7.50. The zero-order valence-electron chi connectivity index (χ0n) is 19.6. The first-order chi connectivity index (χ1) is 14.8. The largest absolute Gasteiger partial charge is 0.480 e. The normalized spacial score (nSPS) is 12.9. The Balaban J connectivity index is 2.55. The Morgan fingerprint density at radius 3 is 2.42 bits per heavy atom. The Hall–Kier alpha value is -1.79. The molecule has 6 heteroatoms. The number of aromatic nitrogens is 1. The summed E-state index contributed by atoms with van der Waals surface area (Å²) in [5, 5.41) is 14.9. The van der Waals surface area contributed by atoms with Crippen molar-refractivity contribution in [2.75, 3.05) is 16.8 Å². The van der Waals surface area contributed by atoms with Crippen LogP contribution in [-0.2, 0) is 4.79 Å². The van der Waals surface area contributed by atoms with Crippen LogP contribution < -0.4 is 5.32 Å². The van der Waals surface area contributed by atoms with Gasteiger partial charge in [-0.3, -0.25) is 0 Å². The second-order valence-corrected chi connectivity index (χ2v) is 10.1. The van der Waals surface area contributed by atoms with Crippen molar-refractivity contribution in [3.63, 3.8) is 0 Å². The predicted molar refractivity (Wildman–Crippen MR) is 138 cm³/mol.